The molecule has 2 amide bonds. The fraction of sp³-hybridized carbons (Fsp3) is 0.500. The summed E-state index contributed by atoms with van der Waals surface area (Å²) in [5.41, 5.74) is 6.28. The van der Waals surface area contributed by atoms with Crippen molar-refractivity contribution in [2.45, 2.75) is 32.8 Å². The first-order chi connectivity index (χ1) is 10.1. The van der Waals surface area contributed by atoms with Crippen LogP contribution in [0.25, 0.3) is 0 Å². The van der Waals surface area contributed by atoms with E-state index in [4.69, 9.17) is 10.5 Å². The summed E-state index contributed by atoms with van der Waals surface area (Å²) in [5.74, 6) is -0.673. The second-order valence-corrected chi connectivity index (χ2v) is 5.08. The largest absolute Gasteiger partial charge is 0.377 e. The molecule has 5 nitrogen and oxygen atoms in total. The average molecular weight is 292 g/mol. The quantitative estimate of drug-likeness (QED) is 0.643. The Labute approximate surface area is 125 Å². The molecule has 21 heavy (non-hydrogen) atoms. The number of amides is 2. The van der Waals surface area contributed by atoms with E-state index in [1.54, 1.807) is 6.92 Å². The second-order valence-electron chi connectivity index (χ2n) is 5.08. The van der Waals surface area contributed by atoms with Gasteiger partial charge in [0.15, 0.2) is 0 Å². The lowest BCUT2D eigenvalue weighted by molar-refractivity contribution is -0.123. The zero-order valence-corrected chi connectivity index (χ0v) is 12.5. The van der Waals surface area contributed by atoms with Gasteiger partial charge in [0, 0.05) is 25.5 Å². The molecule has 1 rings (SSSR count). The molecule has 1 aromatic rings. The van der Waals surface area contributed by atoms with Crippen molar-refractivity contribution in [3.63, 3.8) is 0 Å². The van der Waals surface area contributed by atoms with Crippen molar-refractivity contribution in [2.75, 3.05) is 13.2 Å². The van der Waals surface area contributed by atoms with Crippen LogP contribution in [0.4, 0.5) is 0 Å². The van der Waals surface area contributed by atoms with Crippen molar-refractivity contribution in [1.29, 1.82) is 0 Å². The number of nitrogens with one attached hydrogen (secondary N) is 1. The zero-order valence-electron chi connectivity index (χ0n) is 12.5. The van der Waals surface area contributed by atoms with Crippen LogP contribution >= 0.6 is 0 Å². The van der Waals surface area contributed by atoms with E-state index in [2.05, 4.69) is 5.32 Å². The van der Waals surface area contributed by atoms with Gasteiger partial charge in [-0.15, -0.1) is 0 Å². The Hall–Kier alpha value is -1.88. The van der Waals surface area contributed by atoms with E-state index < -0.39 is 0 Å². The topological polar surface area (TPSA) is 81.4 Å². The molecule has 0 aliphatic carbocycles. The summed E-state index contributed by atoms with van der Waals surface area (Å²) < 4.78 is 5.52. The highest BCUT2D eigenvalue weighted by Crippen LogP contribution is 2.04. The van der Waals surface area contributed by atoms with Gasteiger partial charge < -0.3 is 15.8 Å². The van der Waals surface area contributed by atoms with Crippen molar-refractivity contribution in [3.05, 3.63) is 35.9 Å². The monoisotopic (exact) mass is 292 g/mol. The van der Waals surface area contributed by atoms with E-state index in [0.29, 0.717) is 32.6 Å². The van der Waals surface area contributed by atoms with E-state index in [0.717, 1.165) is 12.0 Å². The number of hydrogen-bond donors (Lipinski definition) is 2. The van der Waals surface area contributed by atoms with E-state index >= 15 is 0 Å². The smallest absolute Gasteiger partial charge is 0.220 e. The van der Waals surface area contributed by atoms with Gasteiger partial charge in [-0.3, -0.25) is 9.59 Å². The number of nitrogens with two attached hydrogens (primary N) is 1. The van der Waals surface area contributed by atoms with Crippen molar-refractivity contribution in [3.8, 4) is 0 Å². The Morgan fingerprint density at radius 3 is 2.67 bits per heavy atom. The Morgan fingerprint density at radius 2 is 2.00 bits per heavy atom. The molecule has 0 heterocycles. The molecule has 0 unspecified atom stereocenters. The third kappa shape index (κ3) is 8.09. The summed E-state index contributed by atoms with van der Waals surface area (Å²) in [5, 5.41) is 2.80. The molecule has 0 radical (unpaired) electrons. The molecule has 0 saturated carbocycles. The summed E-state index contributed by atoms with van der Waals surface area (Å²) in [6, 6.07) is 9.96. The SMILES string of the molecule is C[C@@H](CCC(=O)NCCCOCc1ccccc1)C(N)=O. The van der Waals surface area contributed by atoms with Crippen LogP contribution < -0.4 is 11.1 Å². The van der Waals surface area contributed by atoms with Crippen LogP contribution in [-0.4, -0.2) is 25.0 Å². The van der Waals surface area contributed by atoms with Crippen LogP contribution in [0.15, 0.2) is 30.3 Å². The van der Waals surface area contributed by atoms with Crippen LogP contribution in [0.3, 0.4) is 0 Å². The second kappa shape index (κ2) is 9.94. The number of carbonyl (C=O) groups is 2. The van der Waals surface area contributed by atoms with Gasteiger partial charge in [0.05, 0.1) is 6.61 Å². The number of rotatable bonds is 10. The molecule has 1 aromatic carbocycles. The van der Waals surface area contributed by atoms with Gasteiger partial charge in [0.1, 0.15) is 0 Å². The molecule has 0 bridgehead atoms. The molecular weight excluding hydrogens is 268 g/mol. The van der Waals surface area contributed by atoms with E-state index in [9.17, 15) is 9.59 Å². The van der Waals surface area contributed by atoms with Crippen molar-refractivity contribution in [2.24, 2.45) is 11.7 Å². The van der Waals surface area contributed by atoms with E-state index in [1.807, 2.05) is 30.3 Å². The summed E-state index contributed by atoms with van der Waals surface area (Å²) >= 11 is 0. The molecule has 0 aromatic heterocycles. The first kappa shape index (κ1) is 17.2. The maximum Gasteiger partial charge on any atom is 0.220 e. The van der Waals surface area contributed by atoms with Crippen LogP contribution in [0.2, 0.25) is 0 Å². The van der Waals surface area contributed by atoms with Gasteiger partial charge in [-0.05, 0) is 18.4 Å². The molecule has 0 aliphatic heterocycles. The first-order valence-electron chi connectivity index (χ1n) is 7.27. The van der Waals surface area contributed by atoms with Crippen LogP contribution in [-0.2, 0) is 20.9 Å². The zero-order chi connectivity index (χ0) is 15.5. The van der Waals surface area contributed by atoms with Crippen LogP contribution in [0, 0.1) is 5.92 Å². The van der Waals surface area contributed by atoms with Gasteiger partial charge in [-0.1, -0.05) is 37.3 Å². The predicted molar refractivity (Wildman–Crippen MR) is 81.3 cm³/mol. The predicted octanol–water partition coefficient (Wildman–Crippen LogP) is 1.61. The highest BCUT2D eigenvalue weighted by atomic mass is 16.5. The molecule has 1 atom stereocenters. The molecule has 3 N–H and O–H groups in total. The number of hydrogen-bond acceptors (Lipinski definition) is 3. The Bertz CT molecular complexity index is 434. The third-order valence-corrected chi connectivity index (χ3v) is 3.19. The maximum atomic E-state index is 11.5. The maximum absolute atomic E-state index is 11.5. The summed E-state index contributed by atoms with van der Waals surface area (Å²) in [4.78, 5) is 22.4. The van der Waals surface area contributed by atoms with Crippen molar-refractivity contribution < 1.29 is 14.3 Å². The van der Waals surface area contributed by atoms with Gasteiger partial charge in [0.25, 0.3) is 0 Å². The first-order valence-corrected chi connectivity index (χ1v) is 7.27. The molecule has 5 heteroatoms. The average Bonchev–Trinajstić information content (AvgIpc) is 2.49. The molecule has 116 valence electrons. The Balaban J connectivity index is 1.98. The highest BCUT2D eigenvalue weighted by Gasteiger charge is 2.10. The molecule has 0 saturated heterocycles. The molecule has 0 spiro atoms. The van der Waals surface area contributed by atoms with Crippen molar-refractivity contribution >= 4 is 11.8 Å². The standard InChI is InChI=1S/C16H24N2O3/c1-13(16(17)20)8-9-15(19)18-10-5-11-21-12-14-6-3-2-4-7-14/h2-4,6-7,13H,5,8-12H2,1H3,(H2,17,20)(H,18,19)/t13-/m0/s1. The fourth-order valence-electron chi connectivity index (χ4n) is 1.74. The van der Waals surface area contributed by atoms with Gasteiger partial charge in [-0.25, -0.2) is 0 Å². The summed E-state index contributed by atoms with van der Waals surface area (Å²) in [6.45, 7) is 3.50. The van der Waals surface area contributed by atoms with E-state index in [-0.39, 0.29) is 17.7 Å². The van der Waals surface area contributed by atoms with Gasteiger partial charge in [-0.2, -0.15) is 0 Å². The number of primary amides is 1. The Morgan fingerprint density at radius 1 is 1.29 bits per heavy atom. The lowest BCUT2D eigenvalue weighted by atomic mass is 10.1. The summed E-state index contributed by atoms with van der Waals surface area (Å²) in [6.07, 6.45) is 1.59. The lowest BCUT2D eigenvalue weighted by Gasteiger charge is -2.08. The number of carbonyl (C=O) groups excluding carboxylic acids is 2. The van der Waals surface area contributed by atoms with E-state index in [1.165, 1.54) is 0 Å². The minimum Gasteiger partial charge on any atom is -0.377 e. The minimum atomic E-state index is -0.364. The van der Waals surface area contributed by atoms with Crippen molar-refractivity contribution in [1.82, 2.24) is 5.32 Å². The van der Waals surface area contributed by atoms with Gasteiger partial charge >= 0.3 is 0 Å². The number of ether oxygens (including phenoxy) is 1. The number of benzene rings is 1. The Kier molecular flexibility index (Phi) is 8.12. The van der Waals surface area contributed by atoms with Crippen LogP contribution in [0.5, 0.6) is 0 Å². The molecular formula is C16H24N2O3. The minimum absolute atomic E-state index is 0.0499. The fourth-order valence-corrected chi connectivity index (χ4v) is 1.74. The lowest BCUT2D eigenvalue weighted by Crippen LogP contribution is -2.27. The summed E-state index contributed by atoms with van der Waals surface area (Å²) in [7, 11) is 0. The normalized spacial score (nSPS) is 11.9. The highest BCUT2D eigenvalue weighted by molar-refractivity contribution is 5.79. The third-order valence-electron chi connectivity index (χ3n) is 3.19. The van der Waals surface area contributed by atoms with Crippen LogP contribution in [0.1, 0.15) is 31.7 Å². The van der Waals surface area contributed by atoms with Gasteiger partial charge in [0.2, 0.25) is 11.8 Å². The molecule has 0 aliphatic rings. The molecule has 0 fully saturated rings.